The molecule has 0 spiro atoms. The minimum Gasteiger partial charge on any atom is -0.460 e. The number of ether oxygens (including phenoxy) is 1. The third-order valence-electron chi connectivity index (χ3n) is 12.0. The molecule has 0 saturated heterocycles. The Morgan fingerprint density at radius 3 is 2.26 bits per heavy atom. The van der Waals surface area contributed by atoms with Gasteiger partial charge in [-0.1, -0.05) is 32.4 Å². The summed E-state index contributed by atoms with van der Waals surface area (Å²) in [5, 5.41) is 11.8. The maximum Gasteiger partial charge on any atom is 0.303 e. The maximum atomic E-state index is 14.3. The van der Waals surface area contributed by atoms with Crippen LogP contribution >= 0.6 is 0 Å². The number of hydrogen-bond donors (Lipinski definition) is 1. The van der Waals surface area contributed by atoms with Gasteiger partial charge in [-0.05, 0) is 89.4 Å². The van der Waals surface area contributed by atoms with Crippen molar-refractivity contribution < 1.29 is 29.0 Å². The van der Waals surface area contributed by atoms with Crippen molar-refractivity contribution in [2.75, 3.05) is 0 Å². The molecule has 0 aromatic heterocycles. The molecule has 0 bridgehead atoms. The van der Waals surface area contributed by atoms with Crippen LogP contribution in [-0.2, 0) is 23.9 Å². The molecular weight excluding hydrogens is 480 g/mol. The van der Waals surface area contributed by atoms with Crippen molar-refractivity contribution in [3.05, 3.63) is 11.6 Å². The van der Waals surface area contributed by atoms with Gasteiger partial charge >= 0.3 is 5.97 Å². The van der Waals surface area contributed by atoms with Crippen LogP contribution in [0, 0.1) is 39.4 Å². The van der Waals surface area contributed by atoms with E-state index in [4.69, 9.17) is 4.74 Å². The Hall–Kier alpha value is -1.82. The molecule has 0 aliphatic heterocycles. The van der Waals surface area contributed by atoms with Gasteiger partial charge < -0.3 is 9.84 Å². The zero-order valence-corrected chi connectivity index (χ0v) is 25.0. The number of aliphatic hydroxyl groups is 1. The first kappa shape index (κ1) is 29.2. The van der Waals surface area contributed by atoms with E-state index in [0.29, 0.717) is 25.7 Å². The third-order valence-corrected chi connectivity index (χ3v) is 12.0. The predicted molar refractivity (Wildman–Crippen MR) is 145 cm³/mol. The Bertz CT molecular complexity index is 1100. The van der Waals surface area contributed by atoms with Crippen LogP contribution in [0.2, 0.25) is 0 Å². The lowest BCUT2D eigenvalue weighted by Crippen LogP contribution is -2.64. The van der Waals surface area contributed by atoms with Crippen molar-refractivity contribution in [3.8, 4) is 0 Å². The average molecular weight is 529 g/mol. The first-order valence-corrected chi connectivity index (χ1v) is 14.5. The molecule has 0 aromatic carbocycles. The first-order chi connectivity index (χ1) is 17.2. The highest BCUT2D eigenvalue weighted by Gasteiger charge is 2.72. The smallest absolute Gasteiger partial charge is 0.303 e. The first-order valence-electron chi connectivity index (χ1n) is 14.5. The molecule has 212 valence electrons. The van der Waals surface area contributed by atoms with Gasteiger partial charge in [-0.3, -0.25) is 19.2 Å². The lowest BCUT2D eigenvalue weighted by Gasteiger charge is -2.64. The van der Waals surface area contributed by atoms with E-state index >= 15 is 0 Å². The summed E-state index contributed by atoms with van der Waals surface area (Å²) in [6.07, 6.45) is 6.52. The minimum atomic E-state index is -1.58. The zero-order chi connectivity index (χ0) is 28.7. The number of fused-ring (bicyclic) bond motifs is 5. The molecule has 1 N–H and O–H groups in total. The van der Waals surface area contributed by atoms with Crippen molar-refractivity contribution >= 4 is 23.3 Å². The summed E-state index contributed by atoms with van der Waals surface area (Å²) in [6, 6.07) is 0. The molecule has 0 radical (unpaired) electrons. The van der Waals surface area contributed by atoms with E-state index in [9.17, 15) is 24.3 Å². The minimum absolute atomic E-state index is 0.0625. The van der Waals surface area contributed by atoms with Gasteiger partial charge in [0.25, 0.3) is 0 Å². The highest BCUT2D eigenvalue weighted by molar-refractivity contribution is 5.93. The summed E-state index contributed by atoms with van der Waals surface area (Å²) in [5.41, 5.74) is -3.07. The molecular formula is C32H48O6. The van der Waals surface area contributed by atoms with Crippen LogP contribution in [0.4, 0.5) is 0 Å². The van der Waals surface area contributed by atoms with Gasteiger partial charge in [-0.2, -0.15) is 0 Å². The number of carbonyl (C=O) groups excluding carboxylic acids is 4. The van der Waals surface area contributed by atoms with Crippen LogP contribution in [0.5, 0.6) is 0 Å². The van der Waals surface area contributed by atoms with Crippen molar-refractivity contribution in [2.24, 2.45) is 39.4 Å². The van der Waals surface area contributed by atoms with Crippen molar-refractivity contribution in [1.82, 2.24) is 0 Å². The zero-order valence-electron chi connectivity index (χ0n) is 25.0. The summed E-state index contributed by atoms with van der Waals surface area (Å²) in [7, 11) is 0. The molecule has 0 heterocycles. The summed E-state index contributed by atoms with van der Waals surface area (Å²) >= 11 is 0. The summed E-state index contributed by atoms with van der Waals surface area (Å²) in [4.78, 5) is 52.0. The van der Waals surface area contributed by atoms with Crippen LogP contribution in [-0.4, -0.2) is 39.6 Å². The third kappa shape index (κ3) is 3.98. The van der Waals surface area contributed by atoms with Gasteiger partial charge in [0.15, 0.2) is 5.78 Å². The quantitative estimate of drug-likeness (QED) is 0.347. The Morgan fingerprint density at radius 2 is 1.66 bits per heavy atom. The number of carbonyl (C=O) groups is 4. The van der Waals surface area contributed by atoms with Crippen molar-refractivity contribution in [2.45, 2.75) is 125 Å². The van der Waals surface area contributed by atoms with Gasteiger partial charge in [-0.15, -0.1) is 0 Å². The molecule has 0 amide bonds. The fourth-order valence-corrected chi connectivity index (χ4v) is 9.47. The molecule has 38 heavy (non-hydrogen) atoms. The second-order valence-electron chi connectivity index (χ2n) is 14.8. The van der Waals surface area contributed by atoms with Gasteiger partial charge in [0.1, 0.15) is 22.8 Å². The maximum absolute atomic E-state index is 14.3. The van der Waals surface area contributed by atoms with Gasteiger partial charge in [0, 0.05) is 42.9 Å². The van der Waals surface area contributed by atoms with Crippen LogP contribution in [0.3, 0.4) is 0 Å². The number of allylic oxidation sites excluding steroid dienone is 2. The highest BCUT2D eigenvalue weighted by Crippen LogP contribution is 2.74. The lowest BCUT2D eigenvalue weighted by atomic mass is 9.38. The molecule has 7 atom stereocenters. The second kappa shape index (κ2) is 8.84. The molecule has 3 fully saturated rings. The number of esters is 1. The normalized spacial score (nSPS) is 39.8. The topological polar surface area (TPSA) is 97.7 Å². The van der Waals surface area contributed by atoms with Crippen molar-refractivity contribution in [1.29, 1.82) is 0 Å². The van der Waals surface area contributed by atoms with Crippen LogP contribution < -0.4 is 0 Å². The van der Waals surface area contributed by atoms with E-state index in [-0.39, 0.29) is 46.9 Å². The van der Waals surface area contributed by atoms with Crippen LogP contribution in [0.1, 0.15) is 114 Å². The predicted octanol–water partition coefficient (Wildman–Crippen LogP) is 5.78. The van der Waals surface area contributed by atoms with Gasteiger partial charge in [0.05, 0.1) is 0 Å². The van der Waals surface area contributed by atoms with Crippen molar-refractivity contribution in [3.63, 3.8) is 0 Å². The Morgan fingerprint density at radius 1 is 1.03 bits per heavy atom. The Labute approximate surface area is 228 Å². The second-order valence-corrected chi connectivity index (χ2v) is 14.8. The van der Waals surface area contributed by atoms with E-state index in [1.54, 1.807) is 20.8 Å². The van der Waals surface area contributed by atoms with E-state index in [1.165, 1.54) is 6.92 Å². The molecule has 4 aliphatic carbocycles. The Balaban J connectivity index is 1.65. The fraction of sp³-hybridized carbons (Fsp3) is 0.812. The standard InChI is InChI=1S/C32H48O6/c1-19(33)38-27(2,3)16-15-25(35)32(9,37)23-14-17-29(6)22-12-10-20-21(11-13-24(34)28(20,4)5)31(22,8)26(36)18-30(23,29)7/h10,21-23,37H,11-18H2,1-9H3/t21-,22+,23+,29+,30-,31+,32-/m1/s1. The molecule has 4 rings (SSSR count). The van der Waals surface area contributed by atoms with Gasteiger partial charge in [0.2, 0.25) is 0 Å². The van der Waals surface area contributed by atoms with Gasteiger partial charge in [-0.25, -0.2) is 0 Å². The van der Waals surface area contributed by atoms with Crippen LogP contribution in [0.15, 0.2) is 11.6 Å². The van der Waals surface area contributed by atoms with E-state index in [0.717, 1.165) is 24.8 Å². The number of Topliss-reactive ketones (excluding diaryl/α,β-unsaturated/α-hetero) is 3. The molecule has 3 saturated carbocycles. The van der Waals surface area contributed by atoms with E-state index in [1.807, 2.05) is 13.8 Å². The SMILES string of the molecule is CC(=O)OC(C)(C)CCC(=O)[C@](C)(O)[C@H]1CC[C@@]2(C)[C@@H]3CC=C4[C@@H](CCC(=O)C4(C)C)[C@]3(C)C(=O)C[C@]12C. The fourth-order valence-electron chi connectivity index (χ4n) is 9.47. The number of ketones is 3. The highest BCUT2D eigenvalue weighted by atomic mass is 16.6. The monoisotopic (exact) mass is 528 g/mol. The van der Waals surface area contributed by atoms with E-state index < -0.39 is 33.4 Å². The number of rotatable bonds is 6. The molecule has 6 heteroatoms. The lowest BCUT2D eigenvalue weighted by molar-refractivity contribution is -0.181. The molecule has 4 aliphatic rings. The molecule has 0 aromatic rings. The summed E-state index contributed by atoms with van der Waals surface area (Å²) in [5.74, 6) is -0.360. The van der Waals surface area contributed by atoms with E-state index in [2.05, 4.69) is 26.8 Å². The largest absolute Gasteiger partial charge is 0.460 e. The molecule has 6 nitrogen and oxygen atoms in total. The summed E-state index contributed by atoms with van der Waals surface area (Å²) in [6.45, 7) is 17.1. The number of hydrogen-bond acceptors (Lipinski definition) is 6. The average Bonchev–Trinajstić information content (AvgIpc) is 3.05. The summed E-state index contributed by atoms with van der Waals surface area (Å²) < 4.78 is 5.35. The van der Waals surface area contributed by atoms with Crippen LogP contribution in [0.25, 0.3) is 0 Å². The Kier molecular flexibility index (Phi) is 6.79. The molecule has 0 unspecified atom stereocenters.